The SMILES string of the molecule is Cl.FC(F)(F)c1ccc(CNC2CCCc3ccccc3C2)cc1. The third kappa shape index (κ3) is 4.74. The lowest BCUT2D eigenvalue weighted by Crippen LogP contribution is -2.30. The molecule has 1 aliphatic carbocycles. The van der Waals surface area contributed by atoms with Crippen LogP contribution in [0, 0.1) is 0 Å². The number of halogens is 4. The van der Waals surface area contributed by atoms with Gasteiger partial charge in [-0.15, -0.1) is 12.4 Å². The molecule has 0 aromatic heterocycles. The Morgan fingerprint density at radius 2 is 1.62 bits per heavy atom. The van der Waals surface area contributed by atoms with Crippen molar-refractivity contribution in [2.45, 2.75) is 44.4 Å². The summed E-state index contributed by atoms with van der Waals surface area (Å²) in [5, 5.41) is 3.50. The first-order chi connectivity index (χ1) is 11.0. The second-order valence-electron chi connectivity index (χ2n) is 6.14. The summed E-state index contributed by atoms with van der Waals surface area (Å²) in [4.78, 5) is 0. The first-order valence-electron chi connectivity index (χ1n) is 7.99. The topological polar surface area (TPSA) is 12.0 Å². The number of aryl methyl sites for hydroxylation is 1. The van der Waals surface area contributed by atoms with Crippen molar-refractivity contribution < 1.29 is 13.2 Å². The van der Waals surface area contributed by atoms with Crippen LogP contribution in [0.3, 0.4) is 0 Å². The average Bonchev–Trinajstić information content (AvgIpc) is 2.74. The van der Waals surface area contributed by atoms with Crippen LogP contribution < -0.4 is 5.32 Å². The normalized spacial score (nSPS) is 17.5. The van der Waals surface area contributed by atoms with E-state index in [4.69, 9.17) is 0 Å². The van der Waals surface area contributed by atoms with Crippen molar-refractivity contribution >= 4 is 12.4 Å². The summed E-state index contributed by atoms with van der Waals surface area (Å²) in [5.41, 5.74) is 3.10. The second-order valence-corrected chi connectivity index (χ2v) is 6.14. The van der Waals surface area contributed by atoms with Gasteiger partial charge in [-0.25, -0.2) is 0 Å². The first kappa shape index (κ1) is 18.8. The van der Waals surface area contributed by atoms with Crippen molar-refractivity contribution in [3.63, 3.8) is 0 Å². The van der Waals surface area contributed by atoms with E-state index in [1.807, 2.05) is 0 Å². The molecule has 0 saturated carbocycles. The van der Waals surface area contributed by atoms with Gasteiger partial charge in [-0.05, 0) is 54.5 Å². The van der Waals surface area contributed by atoms with Gasteiger partial charge >= 0.3 is 6.18 Å². The van der Waals surface area contributed by atoms with Crippen LogP contribution in [0.5, 0.6) is 0 Å². The number of hydrogen-bond donors (Lipinski definition) is 1. The van der Waals surface area contributed by atoms with Crippen LogP contribution in [0.2, 0.25) is 0 Å². The molecule has 0 amide bonds. The Morgan fingerprint density at radius 1 is 0.958 bits per heavy atom. The molecule has 0 radical (unpaired) electrons. The number of benzene rings is 2. The average molecular weight is 356 g/mol. The standard InChI is InChI=1S/C19H20F3N.ClH/c20-19(21,22)17-10-8-14(9-11-17)13-23-18-7-3-6-15-4-1-2-5-16(15)12-18;/h1-2,4-5,8-11,18,23H,3,6-7,12-13H2;1H. The Kier molecular flexibility index (Phi) is 6.30. The van der Waals surface area contributed by atoms with Crippen LogP contribution in [0.25, 0.3) is 0 Å². The van der Waals surface area contributed by atoms with Gasteiger partial charge in [0.05, 0.1) is 5.56 Å². The van der Waals surface area contributed by atoms with E-state index in [1.54, 1.807) is 12.1 Å². The van der Waals surface area contributed by atoms with E-state index in [9.17, 15) is 13.2 Å². The van der Waals surface area contributed by atoms with E-state index >= 15 is 0 Å². The lowest BCUT2D eigenvalue weighted by atomic mass is 10.0. The highest BCUT2D eigenvalue weighted by molar-refractivity contribution is 5.85. The van der Waals surface area contributed by atoms with Gasteiger partial charge in [0.15, 0.2) is 0 Å². The summed E-state index contributed by atoms with van der Waals surface area (Å²) < 4.78 is 37.7. The minimum atomic E-state index is -4.27. The number of hydrogen-bond acceptors (Lipinski definition) is 1. The summed E-state index contributed by atoms with van der Waals surface area (Å²) in [6, 6.07) is 14.3. The maximum atomic E-state index is 12.6. The van der Waals surface area contributed by atoms with Crippen LogP contribution in [0.15, 0.2) is 48.5 Å². The number of nitrogens with one attached hydrogen (secondary N) is 1. The highest BCUT2D eigenvalue weighted by Gasteiger charge is 2.29. The fraction of sp³-hybridized carbons (Fsp3) is 0.368. The molecule has 0 bridgehead atoms. The van der Waals surface area contributed by atoms with Crippen molar-refractivity contribution in [3.05, 3.63) is 70.8 Å². The van der Waals surface area contributed by atoms with Crippen LogP contribution >= 0.6 is 12.4 Å². The largest absolute Gasteiger partial charge is 0.416 e. The predicted molar refractivity (Wildman–Crippen MR) is 92.4 cm³/mol. The summed E-state index contributed by atoms with van der Waals surface area (Å²) >= 11 is 0. The quantitative estimate of drug-likeness (QED) is 0.749. The molecule has 1 nitrogen and oxygen atoms in total. The van der Waals surface area contributed by atoms with Crippen LogP contribution in [-0.4, -0.2) is 6.04 Å². The zero-order chi connectivity index (χ0) is 16.3. The maximum Gasteiger partial charge on any atom is 0.416 e. The molecule has 0 heterocycles. The van der Waals surface area contributed by atoms with Gasteiger partial charge in [0.1, 0.15) is 0 Å². The Morgan fingerprint density at radius 3 is 2.29 bits per heavy atom. The second kappa shape index (κ2) is 8.04. The van der Waals surface area contributed by atoms with E-state index in [1.165, 1.54) is 11.1 Å². The Hall–Kier alpha value is -1.52. The molecule has 0 fully saturated rings. The molecule has 0 aliphatic heterocycles. The van der Waals surface area contributed by atoms with Crippen molar-refractivity contribution in [2.75, 3.05) is 0 Å². The van der Waals surface area contributed by atoms with Gasteiger partial charge < -0.3 is 5.32 Å². The Balaban J connectivity index is 0.00000208. The minimum absolute atomic E-state index is 0. The highest BCUT2D eigenvalue weighted by atomic mass is 35.5. The maximum absolute atomic E-state index is 12.6. The molecule has 0 saturated heterocycles. The molecule has 3 rings (SSSR count). The molecule has 1 unspecified atom stereocenters. The molecule has 1 aliphatic rings. The molecule has 130 valence electrons. The first-order valence-corrected chi connectivity index (χ1v) is 7.99. The van der Waals surface area contributed by atoms with Crippen molar-refractivity contribution in [2.24, 2.45) is 0 Å². The van der Waals surface area contributed by atoms with E-state index < -0.39 is 11.7 Å². The fourth-order valence-corrected chi connectivity index (χ4v) is 3.15. The Labute approximate surface area is 146 Å². The van der Waals surface area contributed by atoms with Crippen molar-refractivity contribution in [1.29, 1.82) is 0 Å². The number of fused-ring (bicyclic) bond motifs is 1. The summed E-state index contributed by atoms with van der Waals surface area (Å²) in [6.07, 6.45) is 0.0550. The highest BCUT2D eigenvalue weighted by Crippen LogP contribution is 2.29. The Bertz CT molecular complexity index is 652. The third-order valence-electron chi connectivity index (χ3n) is 4.46. The van der Waals surface area contributed by atoms with Crippen LogP contribution in [0.4, 0.5) is 13.2 Å². The molecular formula is C19H21ClF3N. The molecule has 1 atom stereocenters. The predicted octanol–water partition coefficient (Wildman–Crippen LogP) is 5.16. The lowest BCUT2D eigenvalue weighted by Gasteiger charge is -2.17. The zero-order valence-electron chi connectivity index (χ0n) is 13.3. The molecule has 2 aromatic rings. The lowest BCUT2D eigenvalue weighted by molar-refractivity contribution is -0.137. The van der Waals surface area contributed by atoms with Crippen molar-refractivity contribution in [3.8, 4) is 0 Å². The van der Waals surface area contributed by atoms with Gasteiger partial charge in [0, 0.05) is 12.6 Å². The van der Waals surface area contributed by atoms with Gasteiger partial charge in [0.2, 0.25) is 0 Å². The van der Waals surface area contributed by atoms with E-state index in [0.29, 0.717) is 12.6 Å². The van der Waals surface area contributed by atoms with Crippen LogP contribution in [-0.2, 0) is 25.6 Å². The fourth-order valence-electron chi connectivity index (χ4n) is 3.15. The molecule has 24 heavy (non-hydrogen) atoms. The van der Waals surface area contributed by atoms with E-state index in [-0.39, 0.29) is 12.4 Å². The summed E-state index contributed by atoms with van der Waals surface area (Å²) in [7, 11) is 0. The van der Waals surface area contributed by atoms with E-state index in [0.717, 1.165) is 43.4 Å². The van der Waals surface area contributed by atoms with Crippen LogP contribution in [0.1, 0.15) is 35.1 Å². The smallest absolute Gasteiger partial charge is 0.310 e. The zero-order valence-corrected chi connectivity index (χ0v) is 14.1. The van der Waals surface area contributed by atoms with Gasteiger partial charge in [-0.2, -0.15) is 13.2 Å². The molecule has 1 N–H and O–H groups in total. The molecule has 0 spiro atoms. The van der Waals surface area contributed by atoms with Gasteiger partial charge in [0.25, 0.3) is 0 Å². The molecule has 5 heteroatoms. The molecular weight excluding hydrogens is 335 g/mol. The minimum Gasteiger partial charge on any atom is -0.310 e. The summed E-state index contributed by atoms with van der Waals surface area (Å²) in [5.74, 6) is 0. The third-order valence-corrected chi connectivity index (χ3v) is 4.46. The van der Waals surface area contributed by atoms with E-state index in [2.05, 4.69) is 29.6 Å². The monoisotopic (exact) mass is 355 g/mol. The number of alkyl halides is 3. The molecule has 2 aromatic carbocycles. The van der Waals surface area contributed by atoms with Crippen molar-refractivity contribution in [1.82, 2.24) is 5.32 Å². The summed E-state index contributed by atoms with van der Waals surface area (Å²) in [6.45, 7) is 0.602. The number of rotatable bonds is 3. The van der Waals surface area contributed by atoms with Gasteiger partial charge in [-0.3, -0.25) is 0 Å². The van der Waals surface area contributed by atoms with Gasteiger partial charge in [-0.1, -0.05) is 36.4 Å².